The fourth-order valence-corrected chi connectivity index (χ4v) is 6.66. The van der Waals surface area contributed by atoms with Crippen LogP contribution < -0.4 is 10.6 Å². The number of amides is 2. The average Bonchev–Trinajstić information content (AvgIpc) is 3.88. The first-order chi connectivity index (χ1) is 20.8. The first kappa shape index (κ1) is 32.4. The van der Waals surface area contributed by atoms with Crippen LogP contribution in [0.3, 0.4) is 0 Å². The van der Waals surface area contributed by atoms with E-state index in [2.05, 4.69) is 49.8 Å². The highest BCUT2D eigenvalue weighted by molar-refractivity contribution is 8.32. The summed E-state index contributed by atoms with van der Waals surface area (Å²) in [5, 5.41) is 18.9. The summed E-state index contributed by atoms with van der Waals surface area (Å²) in [5.74, 6) is 1.63. The SMILES string of the molecule is Cc1nn(COCCS(C)(C)C)c(C)c1-c1ccc(NC(=O)[C@@H](NC(=O)c2cnnn2C(C)C)C(C2CC2)C2CC2)nc1Cl. The van der Waals surface area contributed by atoms with Crippen molar-refractivity contribution in [3.63, 3.8) is 0 Å². The Labute approximate surface area is 266 Å². The number of ether oxygens (including phenoxy) is 1. The zero-order valence-corrected chi connectivity index (χ0v) is 28.3. The number of carbonyl (C=O) groups is 2. The van der Waals surface area contributed by atoms with Gasteiger partial charge in [-0.3, -0.25) is 9.59 Å². The molecular weight excluding hydrogens is 600 g/mol. The molecule has 3 aromatic heterocycles. The molecule has 2 aliphatic carbocycles. The van der Waals surface area contributed by atoms with E-state index < -0.39 is 16.1 Å². The summed E-state index contributed by atoms with van der Waals surface area (Å²) in [5.41, 5.74) is 3.72. The summed E-state index contributed by atoms with van der Waals surface area (Å²) in [4.78, 5) is 31.8. The van der Waals surface area contributed by atoms with E-state index >= 15 is 0 Å². The minimum absolute atomic E-state index is 0.0423. The number of anilines is 1. The van der Waals surface area contributed by atoms with E-state index in [1.807, 2.05) is 38.4 Å². The van der Waals surface area contributed by atoms with Crippen molar-refractivity contribution in [2.45, 2.75) is 72.2 Å². The van der Waals surface area contributed by atoms with E-state index in [1.165, 1.54) is 6.20 Å². The second-order valence-corrected chi connectivity index (χ2v) is 18.2. The van der Waals surface area contributed by atoms with Crippen molar-refractivity contribution >= 4 is 39.3 Å². The number of nitrogens with one attached hydrogen (secondary N) is 2. The second-order valence-electron chi connectivity index (χ2n) is 13.3. The normalized spacial score (nSPS) is 16.4. The van der Waals surface area contributed by atoms with E-state index in [1.54, 1.807) is 10.7 Å². The maximum absolute atomic E-state index is 13.8. The lowest BCUT2D eigenvalue weighted by Gasteiger charge is -2.27. The Bertz CT molecular complexity index is 1490. The molecule has 0 spiro atoms. The van der Waals surface area contributed by atoms with Crippen molar-refractivity contribution in [3.05, 3.63) is 40.6 Å². The second kappa shape index (κ2) is 13.2. The third-order valence-corrected chi connectivity index (χ3v) is 10.1. The first-order valence-corrected chi connectivity index (χ1v) is 18.7. The molecule has 44 heavy (non-hydrogen) atoms. The van der Waals surface area contributed by atoms with E-state index in [-0.39, 0.29) is 28.9 Å². The van der Waals surface area contributed by atoms with E-state index in [0.29, 0.717) is 36.7 Å². The number of halogens is 1. The van der Waals surface area contributed by atoms with Crippen molar-refractivity contribution in [1.29, 1.82) is 0 Å². The third-order valence-electron chi connectivity index (χ3n) is 8.39. The highest BCUT2D eigenvalue weighted by Crippen LogP contribution is 2.51. The summed E-state index contributed by atoms with van der Waals surface area (Å²) in [7, 11) is -0.624. The van der Waals surface area contributed by atoms with Crippen LogP contribution in [-0.4, -0.2) is 78.7 Å². The van der Waals surface area contributed by atoms with Crippen molar-refractivity contribution in [3.8, 4) is 11.1 Å². The Balaban J connectivity index is 1.32. The average molecular weight is 645 g/mol. The summed E-state index contributed by atoms with van der Waals surface area (Å²) in [6.07, 6.45) is 12.5. The van der Waals surface area contributed by atoms with Crippen LogP contribution in [0.4, 0.5) is 5.82 Å². The molecule has 5 rings (SSSR count). The molecule has 13 heteroatoms. The van der Waals surface area contributed by atoms with Gasteiger partial charge in [-0.15, -0.1) is 5.10 Å². The minimum Gasteiger partial charge on any atom is -0.358 e. The molecule has 0 aromatic carbocycles. The lowest BCUT2D eigenvalue weighted by atomic mass is 9.88. The van der Waals surface area contributed by atoms with Gasteiger partial charge in [0.2, 0.25) is 5.91 Å². The zero-order chi connectivity index (χ0) is 31.8. The highest BCUT2D eigenvalue weighted by atomic mass is 35.5. The molecule has 0 aliphatic heterocycles. The fourth-order valence-electron chi connectivity index (χ4n) is 5.80. The van der Waals surface area contributed by atoms with Gasteiger partial charge in [-0.1, -0.05) is 16.8 Å². The number of rotatable bonds is 14. The maximum atomic E-state index is 13.8. The monoisotopic (exact) mass is 644 g/mol. The zero-order valence-electron chi connectivity index (χ0n) is 26.8. The summed E-state index contributed by atoms with van der Waals surface area (Å²) in [6.45, 7) is 8.85. The van der Waals surface area contributed by atoms with Gasteiger partial charge >= 0.3 is 0 Å². The predicted octanol–water partition coefficient (Wildman–Crippen LogP) is 5.23. The van der Waals surface area contributed by atoms with Crippen LogP contribution in [-0.2, 0) is 16.3 Å². The van der Waals surface area contributed by atoms with Crippen molar-refractivity contribution in [1.82, 2.24) is 35.1 Å². The van der Waals surface area contributed by atoms with Gasteiger partial charge in [-0.25, -0.2) is 24.4 Å². The fraction of sp³-hybridized carbons (Fsp3) is 0.613. The van der Waals surface area contributed by atoms with Gasteiger partial charge in [0.05, 0.1) is 18.5 Å². The summed E-state index contributed by atoms with van der Waals surface area (Å²) in [6, 6.07) is 2.85. The Hall–Kier alpha value is -2.96. The Kier molecular flexibility index (Phi) is 9.72. The molecule has 240 valence electrons. The highest BCUT2D eigenvalue weighted by Gasteiger charge is 2.48. The number of hydrogen-bond acceptors (Lipinski definition) is 7. The van der Waals surface area contributed by atoms with Crippen LogP contribution in [0.1, 0.15) is 67.4 Å². The molecule has 2 N–H and O–H groups in total. The maximum Gasteiger partial charge on any atom is 0.271 e. The number of carbonyl (C=O) groups excluding carboxylic acids is 2. The third kappa shape index (κ3) is 7.63. The Morgan fingerprint density at radius 2 is 1.80 bits per heavy atom. The van der Waals surface area contributed by atoms with Gasteiger partial charge in [0.15, 0.2) is 0 Å². The Morgan fingerprint density at radius 3 is 2.39 bits per heavy atom. The smallest absolute Gasteiger partial charge is 0.271 e. The topological polar surface area (TPSA) is 129 Å². The molecule has 0 radical (unpaired) electrons. The molecule has 1 atom stereocenters. The van der Waals surface area contributed by atoms with Gasteiger partial charge in [-0.2, -0.15) is 5.10 Å². The van der Waals surface area contributed by atoms with Crippen LogP contribution in [0.2, 0.25) is 5.15 Å². The summed E-state index contributed by atoms with van der Waals surface area (Å²) < 4.78 is 9.33. The van der Waals surface area contributed by atoms with Gasteiger partial charge < -0.3 is 15.4 Å². The van der Waals surface area contributed by atoms with E-state index in [0.717, 1.165) is 54.0 Å². The van der Waals surface area contributed by atoms with Crippen LogP contribution in [0.5, 0.6) is 0 Å². The van der Waals surface area contributed by atoms with Crippen LogP contribution in [0, 0.1) is 31.6 Å². The predicted molar refractivity (Wildman–Crippen MR) is 175 cm³/mol. The van der Waals surface area contributed by atoms with Crippen molar-refractivity contribution in [2.75, 3.05) is 36.4 Å². The molecule has 3 aromatic rings. The van der Waals surface area contributed by atoms with Gasteiger partial charge in [0, 0.05) is 28.6 Å². The number of nitrogens with zero attached hydrogens (tertiary/aromatic N) is 6. The standard InChI is InChI=1S/C31H45ClN8O3S/c1-18(2)40-24(16-33-38-40)30(41)36-28(27(21-8-9-21)22-10-11-22)31(42)35-25-13-12-23(29(32)34-25)26-19(3)37-39(20(26)4)17-43-14-15-44(5,6)7/h12-13,16,18,21-22,27-28H,8-11,14-15,17H2,1-7H3,(H,36,41)(H,34,35,42)/t28-/m0/s1. The molecule has 0 bridgehead atoms. The quantitative estimate of drug-likeness (QED) is 0.182. The molecule has 0 unspecified atom stereocenters. The minimum atomic E-state index is -0.708. The molecule has 2 amide bonds. The number of pyridine rings is 1. The molecular formula is C31H45ClN8O3S. The summed E-state index contributed by atoms with van der Waals surface area (Å²) >= 11 is 6.73. The van der Waals surface area contributed by atoms with Gasteiger partial charge in [-0.05, 0) is 102 Å². The molecule has 0 saturated heterocycles. The molecule has 11 nitrogen and oxygen atoms in total. The lowest BCUT2D eigenvalue weighted by Crippen LogP contribution is -2.50. The van der Waals surface area contributed by atoms with Crippen LogP contribution in [0.25, 0.3) is 11.1 Å². The van der Waals surface area contributed by atoms with Crippen molar-refractivity contribution < 1.29 is 14.3 Å². The molecule has 3 heterocycles. The van der Waals surface area contributed by atoms with E-state index in [9.17, 15) is 9.59 Å². The molecule has 2 fully saturated rings. The number of hydrogen-bond donors (Lipinski definition) is 2. The van der Waals surface area contributed by atoms with Crippen LogP contribution in [0.15, 0.2) is 18.3 Å². The number of aromatic nitrogens is 6. The largest absolute Gasteiger partial charge is 0.358 e. The van der Waals surface area contributed by atoms with Crippen LogP contribution >= 0.6 is 21.6 Å². The molecule has 2 saturated carbocycles. The number of aryl methyl sites for hydroxylation is 1. The lowest BCUT2D eigenvalue weighted by molar-refractivity contribution is -0.119. The van der Waals surface area contributed by atoms with Crippen molar-refractivity contribution in [2.24, 2.45) is 17.8 Å². The molecule has 2 aliphatic rings. The Morgan fingerprint density at radius 1 is 1.11 bits per heavy atom. The van der Waals surface area contributed by atoms with E-state index in [4.69, 9.17) is 16.3 Å². The van der Waals surface area contributed by atoms with Gasteiger partial charge in [0.25, 0.3) is 5.91 Å². The van der Waals surface area contributed by atoms with Gasteiger partial charge in [0.1, 0.15) is 29.4 Å². The first-order valence-electron chi connectivity index (χ1n) is 15.3.